The topological polar surface area (TPSA) is 3.24 Å². The Bertz CT molecular complexity index is 3430. The number of anilines is 3. The van der Waals surface area contributed by atoms with Gasteiger partial charge in [0.2, 0.25) is 0 Å². The molecule has 0 N–H and O–H groups in total. The maximum absolute atomic E-state index is 2.42. The van der Waals surface area contributed by atoms with Crippen LogP contribution in [0.2, 0.25) is 0 Å². The molecule has 0 fully saturated rings. The summed E-state index contributed by atoms with van der Waals surface area (Å²) < 4.78 is 0. The number of fused-ring (bicyclic) bond motifs is 5. The first-order valence-corrected chi connectivity index (χ1v) is 22.2. The van der Waals surface area contributed by atoms with Crippen molar-refractivity contribution in [2.24, 2.45) is 0 Å². The molecule has 1 aliphatic carbocycles. The van der Waals surface area contributed by atoms with Crippen LogP contribution in [0.3, 0.4) is 0 Å². The molecule has 64 heavy (non-hydrogen) atoms. The Morgan fingerprint density at radius 1 is 0.281 bits per heavy atom. The van der Waals surface area contributed by atoms with E-state index >= 15 is 0 Å². The van der Waals surface area contributed by atoms with Crippen LogP contribution < -0.4 is 4.90 Å². The van der Waals surface area contributed by atoms with Crippen LogP contribution in [0, 0.1) is 0 Å². The number of benzene rings is 11. The molecule has 0 aliphatic heterocycles. The van der Waals surface area contributed by atoms with Gasteiger partial charge in [0.05, 0.1) is 11.1 Å². The molecular formula is C63H43N. The highest BCUT2D eigenvalue weighted by atomic mass is 15.1. The van der Waals surface area contributed by atoms with Crippen molar-refractivity contribution in [3.8, 4) is 44.5 Å². The zero-order valence-corrected chi connectivity index (χ0v) is 35.3. The Balaban J connectivity index is 0.973. The molecule has 0 saturated carbocycles. The molecule has 0 heterocycles. The summed E-state index contributed by atoms with van der Waals surface area (Å²) in [6, 6.07) is 95.7. The van der Waals surface area contributed by atoms with Gasteiger partial charge >= 0.3 is 0 Å². The second-order valence-corrected chi connectivity index (χ2v) is 16.8. The summed E-state index contributed by atoms with van der Waals surface area (Å²) in [7, 11) is 0. The fourth-order valence-electron chi connectivity index (χ4n) is 10.5. The minimum atomic E-state index is -0.448. The van der Waals surface area contributed by atoms with Crippen LogP contribution in [0.1, 0.15) is 22.3 Å². The largest absolute Gasteiger partial charge is 0.310 e. The molecule has 11 aromatic carbocycles. The lowest BCUT2D eigenvalue weighted by atomic mass is 9.67. The van der Waals surface area contributed by atoms with E-state index < -0.39 is 5.41 Å². The Morgan fingerprint density at radius 3 is 1.53 bits per heavy atom. The number of nitrogens with zero attached hydrogens (tertiary/aromatic N) is 1. The Labute approximate surface area is 374 Å². The molecule has 11 aromatic rings. The predicted molar refractivity (Wildman–Crippen MR) is 270 cm³/mol. The molecule has 0 atom stereocenters. The third-order valence-corrected chi connectivity index (χ3v) is 13.3. The maximum atomic E-state index is 2.42. The third-order valence-electron chi connectivity index (χ3n) is 13.3. The third kappa shape index (κ3) is 6.08. The van der Waals surface area contributed by atoms with Crippen LogP contribution >= 0.6 is 0 Å². The van der Waals surface area contributed by atoms with Crippen molar-refractivity contribution in [3.05, 3.63) is 283 Å². The fourth-order valence-corrected chi connectivity index (χ4v) is 10.5. The van der Waals surface area contributed by atoms with Crippen molar-refractivity contribution in [2.75, 3.05) is 4.90 Å². The highest BCUT2D eigenvalue weighted by Crippen LogP contribution is 2.58. The summed E-state index contributed by atoms with van der Waals surface area (Å²) in [6.45, 7) is 0. The highest BCUT2D eigenvalue weighted by Gasteiger charge is 2.46. The molecule has 0 amide bonds. The van der Waals surface area contributed by atoms with E-state index in [0.717, 1.165) is 17.1 Å². The lowest BCUT2D eigenvalue weighted by Gasteiger charge is -2.34. The van der Waals surface area contributed by atoms with E-state index in [2.05, 4.69) is 266 Å². The summed E-state index contributed by atoms with van der Waals surface area (Å²) in [4.78, 5) is 2.42. The number of hydrogen-bond donors (Lipinski definition) is 0. The van der Waals surface area contributed by atoms with Crippen molar-refractivity contribution in [1.82, 2.24) is 0 Å². The van der Waals surface area contributed by atoms with Gasteiger partial charge in [0.1, 0.15) is 0 Å². The first-order chi connectivity index (χ1) is 31.8. The van der Waals surface area contributed by atoms with Crippen LogP contribution in [0.15, 0.2) is 261 Å². The Hall–Kier alpha value is -8.26. The van der Waals surface area contributed by atoms with Gasteiger partial charge in [-0.1, -0.05) is 231 Å². The van der Waals surface area contributed by atoms with E-state index in [1.165, 1.54) is 88.3 Å². The second kappa shape index (κ2) is 15.6. The number of hydrogen-bond acceptors (Lipinski definition) is 1. The van der Waals surface area contributed by atoms with Gasteiger partial charge < -0.3 is 4.90 Å². The Kier molecular flexibility index (Phi) is 9.13. The van der Waals surface area contributed by atoms with E-state index in [1.54, 1.807) is 0 Å². The van der Waals surface area contributed by atoms with Gasteiger partial charge in [0, 0.05) is 16.8 Å². The van der Waals surface area contributed by atoms with Gasteiger partial charge in [0.25, 0.3) is 0 Å². The molecule has 1 heteroatoms. The van der Waals surface area contributed by atoms with Crippen molar-refractivity contribution in [3.63, 3.8) is 0 Å². The fraction of sp³-hybridized carbons (Fsp3) is 0.0159. The molecule has 0 aromatic heterocycles. The molecule has 0 radical (unpaired) electrons. The van der Waals surface area contributed by atoms with Crippen LogP contribution in [-0.4, -0.2) is 0 Å². The summed E-state index contributed by atoms with van der Waals surface area (Å²) in [6.07, 6.45) is 0. The zero-order valence-electron chi connectivity index (χ0n) is 35.3. The zero-order chi connectivity index (χ0) is 42.5. The molecule has 300 valence electrons. The first-order valence-electron chi connectivity index (χ1n) is 22.2. The second-order valence-electron chi connectivity index (χ2n) is 16.8. The van der Waals surface area contributed by atoms with Gasteiger partial charge in [-0.2, -0.15) is 0 Å². The monoisotopic (exact) mass is 813 g/mol. The van der Waals surface area contributed by atoms with Crippen LogP contribution in [0.25, 0.3) is 66.1 Å². The number of rotatable bonds is 8. The van der Waals surface area contributed by atoms with Crippen LogP contribution in [0.4, 0.5) is 17.1 Å². The standard InChI is InChI=1S/C63H43N/c1-3-22-50(23-4-1)63(51-24-5-2-6-25-51)59-32-12-11-29-58(59)62-57(31-16-33-60(62)63)48-39-41-52(42-40-48)64(61-34-15-20-46-18-8-10-28-56(46)61)53-26-13-21-49(43-53)44-35-37-47(38-36-44)55-30-14-19-45-17-7-9-27-54(45)55/h1-43H. The summed E-state index contributed by atoms with van der Waals surface area (Å²) >= 11 is 0. The van der Waals surface area contributed by atoms with E-state index in [9.17, 15) is 0 Å². The van der Waals surface area contributed by atoms with Crippen LogP contribution in [-0.2, 0) is 5.41 Å². The van der Waals surface area contributed by atoms with Crippen molar-refractivity contribution < 1.29 is 0 Å². The minimum absolute atomic E-state index is 0.448. The SMILES string of the molecule is c1ccc(C2(c3ccccc3)c3ccccc3-c3c(-c4ccc(N(c5cccc(-c6ccc(-c7cccc8ccccc78)cc6)c5)c5cccc6ccccc56)cc4)cccc32)cc1. The van der Waals surface area contributed by atoms with Gasteiger partial charge in [-0.15, -0.1) is 0 Å². The van der Waals surface area contributed by atoms with E-state index in [1.807, 2.05) is 0 Å². The summed E-state index contributed by atoms with van der Waals surface area (Å²) in [5.74, 6) is 0. The summed E-state index contributed by atoms with van der Waals surface area (Å²) in [5.41, 5.74) is 17.9. The maximum Gasteiger partial charge on any atom is 0.0713 e. The van der Waals surface area contributed by atoms with Crippen LogP contribution in [0.5, 0.6) is 0 Å². The lowest BCUT2D eigenvalue weighted by Crippen LogP contribution is -2.28. The lowest BCUT2D eigenvalue weighted by molar-refractivity contribution is 0.768. The van der Waals surface area contributed by atoms with E-state index in [0.29, 0.717) is 0 Å². The minimum Gasteiger partial charge on any atom is -0.310 e. The van der Waals surface area contributed by atoms with Gasteiger partial charge in [-0.05, 0) is 113 Å². The molecule has 0 bridgehead atoms. The molecule has 0 unspecified atom stereocenters. The molecule has 12 rings (SSSR count). The smallest absolute Gasteiger partial charge is 0.0713 e. The van der Waals surface area contributed by atoms with Gasteiger partial charge in [-0.25, -0.2) is 0 Å². The van der Waals surface area contributed by atoms with Gasteiger partial charge in [0.15, 0.2) is 0 Å². The first kappa shape index (κ1) is 37.5. The average molecular weight is 814 g/mol. The molecule has 0 saturated heterocycles. The predicted octanol–water partition coefficient (Wildman–Crippen LogP) is 16.8. The normalized spacial score (nSPS) is 12.5. The van der Waals surface area contributed by atoms with E-state index in [4.69, 9.17) is 0 Å². The molecule has 1 aliphatic rings. The van der Waals surface area contributed by atoms with Crippen molar-refractivity contribution in [2.45, 2.75) is 5.41 Å². The molecule has 0 spiro atoms. The average Bonchev–Trinajstić information content (AvgIpc) is 3.69. The van der Waals surface area contributed by atoms with Crippen molar-refractivity contribution in [1.29, 1.82) is 0 Å². The van der Waals surface area contributed by atoms with E-state index in [-0.39, 0.29) is 0 Å². The molecule has 1 nitrogen and oxygen atoms in total. The highest BCUT2D eigenvalue weighted by molar-refractivity contribution is 6.01. The summed E-state index contributed by atoms with van der Waals surface area (Å²) in [5, 5.41) is 4.94. The Morgan fingerprint density at radius 2 is 0.781 bits per heavy atom. The van der Waals surface area contributed by atoms with Gasteiger partial charge in [-0.3, -0.25) is 0 Å². The molecular weight excluding hydrogens is 771 g/mol. The quantitative estimate of drug-likeness (QED) is 0.148. The van der Waals surface area contributed by atoms with Crippen molar-refractivity contribution >= 4 is 38.6 Å².